The highest BCUT2D eigenvalue weighted by molar-refractivity contribution is 7.99. The van der Waals surface area contributed by atoms with Crippen molar-refractivity contribution in [2.45, 2.75) is 50.5 Å². The molecule has 0 fully saturated rings. The van der Waals surface area contributed by atoms with E-state index >= 15 is 0 Å². The van der Waals surface area contributed by atoms with Crippen LogP contribution in [0.3, 0.4) is 0 Å². The standard InChI is InChI=1S/C26H27N3S/c1-17-10-11-26-24(14-17)29(22-8-5-6-9-25(22)30-26)13-7-12-28-20(4)27-21-15-18(2)19(3)16-23(21)28/h5-6,8-11,14-16H,7,12-13H2,1-4H3. The Labute approximate surface area is 182 Å². The van der Waals surface area contributed by atoms with Gasteiger partial charge in [-0.05, 0) is 87.2 Å². The third-order valence-corrected chi connectivity index (χ3v) is 7.23. The van der Waals surface area contributed by atoms with Crippen molar-refractivity contribution in [2.75, 3.05) is 11.4 Å². The van der Waals surface area contributed by atoms with Crippen molar-refractivity contribution in [1.82, 2.24) is 9.55 Å². The van der Waals surface area contributed by atoms with Crippen LogP contribution in [-0.4, -0.2) is 16.1 Å². The normalized spacial score (nSPS) is 12.9. The summed E-state index contributed by atoms with van der Waals surface area (Å²) in [5.41, 5.74) is 8.95. The summed E-state index contributed by atoms with van der Waals surface area (Å²) in [6.45, 7) is 10.6. The summed E-state index contributed by atoms with van der Waals surface area (Å²) in [6.07, 6.45) is 1.06. The van der Waals surface area contributed by atoms with Crippen LogP contribution in [0.4, 0.5) is 11.4 Å². The maximum atomic E-state index is 4.81. The first-order valence-corrected chi connectivity index (χ1v) is 11.4. The number of para-hydroxylation sites is 1. The highest BCUT2D eigenvalue weighted by atomic mass is 32.2. The molecular formula is C26H27N3S. The topological polar surface area (TPSA) is 21.1 Å². The Morgan fingerprint density at radius 1 is 0.800 bits per heavy atom. The number of nitrogens with zero attached hydrogens (tertiary/aromatic N) is 3. The number of benzene rings is 3. The molecule has 3 aromatic carbocycles. The Hall–Kier alpha value is -2.72. The first kappa shape index (κ1) is 19.3. The van der Waals surface area contributed by atoms with Gasteiger partial charge in [-0.3, -0.25) is 0 Å². The van der Waals surface area contributed by atoms with Crippen molar-refractivity contribution in [2.24, 2.45) is 0 Å². The summed E-state index contributed by atoms with van der Waals surface area (Å²) in [4.78, 5) is 9.99. The van der Waals surface area contributed by atoms with Gasteiger partial charge in [0.2, 0.25) is 0 Å². The van der Waals surface area contributed by atoms with Crippen molar-refractivity contribution in [3.63, 3.8) is 0 Å². The Balaban J connectivity index is 1.44. The number of aromatic nitrogens is 2. The molecule has 152 valence electrons. The average Bonchev–Trinajstić information content (AvgIpc) is 3.02. The van der Waals surface area contributed by atoms with Gasteiger partial charge in [-0.15, -0.1) is 0 Å². The van der Waals surface area contributed by atoms with Crippen LogP contribution in [0.5, 0.6) is 0 Å². The molecule has 4 aromatic rings. The molecule has 1 aliphatic heterocycles. The van der Waals surface area contributed by atoms with Gasteiger partial charge in [0.05, 0.1) is 22.4 Å². The predicted molar refractivity (Wildman–Crippen MR) is 127 cm³/mol. The number of anilines is 2. The van der Waals surface area contributed by atoms with Gasteiger partial charge >= 0.3 is 0 Å². The highest BCUT2D eigenvalue weighted by Crippen LogP contribution is 2.48. The largest absolute Gasteiger partial charge is 0.340 e. The van der Waals surface area contributed by atoms with Gasteiger partial charge in [-0.1, -0.05) is 30.0 Å². The molecule has 0 atom stereocenters. The maximum Gasteiger partial charge on any atom is 0.106 e. The molecule has 2 heterocycles. The molecule has 1 aromatic heterocycles. The van der Waals surface area contributed by atoms with Gasteiger partial charge < -0.3 is 9.47 Å². The van der Waals surface area contributed by atoms with Crippen LogP contribution in [0.1, 0.15) is 28.9 Å². The molecule has 0 radical (unpaired) electrons. The SMILES string of the molecule is Cc1ccc2c(c1)N(CCCn1c(C)nc3cc(C)c(C)cc31)c1ccccc1S2. The zero-order valence-corrected chi connectivity index (χ0v) is 18.9. The molecule has 0 saturated carbocycles. The number of hydrogen-bond donors (Lipinski definition) is 0. The van der Waals surface area contributed by atoms with Gasteiger partial charge in [-0.2, -0.15) is 0 Å². The number of aryl methyl sites for hydroxylation is 5. The highest BCUT2D eigenvalue weighted by Gasteiger charge is 2.23. The lowest BCUT2D eigenvalue weighted by atomic mass is 10.1. The second kappa shape index (κ2) is 7.51. The molecule has 0 N–H and O–H groups in total. The first-order valence-electron chi connectivity index (χ1n) is 10.6. The quantitative estimate of drug-likeness (QED) is 0.361. The minimum Gasteiger partial charge on any atom is -0.340 e. The molecule has 5 rings (SSSR count). The summed E-state index contributed by atoms with van der Waals surface area (Å²) < 4.78 is 2.38. The van der Waals surface area contributed by atoms with E-state index in [-0.39, 0.29) is 0 Å². The van der Waals surface area contributed by atoms with Gasteiger partial charge in [0.1, 0.15) is 5.82 Å². The monoisotopic (exact) mass is 413 g/mol. The first-order chi connectivity index (χ1) is 14.5. The van der Waals surface area contributed by atoms with E-state index < -0.39 is 0 Å². The lowest BCUT2D eigenvalue weighted by Gasteiger charge is -2.33. The molecule has 0 unspecified atom stereocenters. The number of hydrogen-bond acceptors (Lipinski definition) is 3. The molecule has 0 amide bonds. The maximum absolute atomic E-state index is 4.81. The average molecular weight is 414 g/mol. The number of fused-ring (bicyclic) bond motifs is 3. The van der Waals surface area contributed by atoms with Crippen LogP contribution in [0.15, 0.2) is 64.4 Å². The smallest absolute Gasteiger partial charge is 0.106 e. The summed E-state index contributed by atoms with van der Waals surface area (Å²) in [5.74, 6) is 1.10. The Kier molecular flexibility index (Phi) is 4.82. The third kappa shape index (κ3) is 3.29. The van der Waals surface area contributed by atoms with Gasteiger partial charge in [0, 0.05) is 22.9 Å². The zero-order chi connectivity index (χ0) is 20.8. The molecule has 30 heavy (non-hydrogen) atoms. The van der Waals surface area contributed by atoms with Crippen LogP contribution in [0, 0.1) is 27.7 Å². The van der Waals surface area contributed by atoms with Crippen LogP contribution in [-0.2, 0) is 6.54 Å². The fraction of sp³-hybridized carbons (Fsp3) is 0.269. The Bertz CT molecular complexity index is 1250. The molecule has 0 saturated heterocycles. The Morgan fingerprint density at radius 2 is 1.57 bits per heavy atom. The Morgan fingerprint density at radius 3 is 2.43 bits per heavy atom. The third-order valence-electron chi connectivity index (χ3n) is 6.10. The van der Waals surface area contributed by atoms with E-state index in [1.807, 2.05) is 11.8 Å². The lowest BCUT2D eigenvalue weighted by molar-refractivity contribution is 0.641. The summed E-state index contributed by atoms with van der Waals surface area (Å²) >= 11 is 1.88. The van der Waals surface area contributed by atoms with Crippen LogP contribution >= 0.6 is 11.8 Å². The van der Waals surface area contributed by atoms with E-state index in [9.17, 15) is 0 Å². The van der Waals surface area contributed by atoms with E-state index in [0.717, 1.165) is 30.9 Å². The molecule has 1 aliphatic rings. The lowest BCUT2D eigenvalue weighted by Crippen LogP contribution is -2.23. The minimum absolute atomic E-state index is 0.970. The van der Waals surface area contributed by atoms with Crippen LogP contribution in [0.25, 0.3) is 11.0 Å². The van der Waals surface area contributed by atoms with Crippen molar-refractivity contribution in [3.05, 3.63) is 77.1 Å². The summed E-state index contributed by atoms with van der Waals surface area (Å²) in [5, 5.41) is 0. The van der Waals surface area contributed by atoms with E-state index in [2.05, 4.69) is 91.8 Å². The van der Waals surface area contributed by atoms with E-state index in [1.54, 1.807) is 0 Å². The minimum atomic E-state index is 0.970. The zero-order valence-electron chi connectivity index (χ0n) is 18.1. The van der Waals surface area contributed by atoms with Crippen molar-refractivity contribution in [1.29, 1.82) is 0 Å². The second-order valence-electron chi connectivity index (χ2n) is 8.28. The number of imidazole rings is 1. The van der Waals surface area contributed by atoms with Crippen LogP contribution < -0.4 is 4.90 Å². The molecule has 3 nitrogen and oxygen atoms in total. The van der Waals surface area contributed by atoms with Crippen molar-refractivity contribution in [3.8, 4) is 0 Å². The van der Waals surface area contributed by atoms with E-state index in [4.69, 9.17) is 4.98 Å². The molecule has 4 heteroatoms. The summed E-state index contributed by atoms with van der Waals surface area (Å²) in [6, 6.07) is 20.1. The molecular weight excluding hydrogens is 386 g/mol. The van der Waals surface area contributed by atoms with Gasteiger partial charge in [-0.25, -0.2) is 4.98 Å². The van der Waals surface area contributed by atoms with Crippen molar-refractivity contribution >= 4 is 34.2 Å². The van der Waals surface area contributed by atoms with Gasteiger partial charge in [0.15, 0.2) is 0 Å². The summed E-state index contributed by atoms with van der Waals surface area (Å²) in [7, 11) is 0. The van der Waals surface area contributed by atoms with Crippen molar-refractivity contribution < 1.29 is 0 Å². The van der Waals surface area contributed by atoms with Crippen LogP contribution in [0.2, 0.25) is 0 Å². The molecule has 0 aliphatic carbocycles. The van der Waals surface area contributed by atoms with E-state index in [0.29, 0.717) is 0 Å². The molecule has 0 spiro atoms. The van der Waals surface area contributed by atoms with Gasteiger partial charge in [0.25, 0.3) is 0 Å². The fourth-order valence-electron chi connectivity index (χ4n) is 4.35. The van der Waals surface area contributed by atoms with E-state index in [1.165, 1.54) is 43.4 Å². The number of rotatable bonds is 4. The second-order valence-corrected chi connectivity index (χ2v) is 9.37. The fourth-order valence-corrected chi connectivity index (χ4v) is 5.43. The molecule has 0 bridgehead atoms. The predicted octanol–water partition coefficient (Wildman–Crippen LogP) is 6.96.